The van der Waals surface area contributed by atoms with Crippen molar-refractivity contribution >= 4 is 31.7 Å². The van der Waals surface area contributed by atoms with E-state index in [1.165, 1.54) is 0 Å². The summed E-state index contributed by atoms with van der Waals surface area (Å²) < 4.78 is 3.00. The van der Waals surface area contributed by atoms with Crippen molar-refractivity contribution in [3.05, 3.63) is 5.70 Å². The summed E-state index contributed by atoms with van der Waals surface area (Å²) in [5, 5.41) is 0. The molecule has 0 N–H and O–H groups in total. The van der Waals surface area contributed by atoms with E-state index < -0.39 is 21.6 Å². The molecule has 0 amide bonds. The Bertz CT molecular complexity index is 149. The van der Waals surface area contributed by atoms with Gasteiger partial charge in [-0.2, -0.15) is 0 Å². The second-order valence-corrected chi connectivity index (χ2v) is 13.2. The second kappa shape index (κ2) is 4.05. The van der Waals surface area contributed by atoms with E-state index in [2.05, 4.69) is 29.6 Å². The average molecular weight is 270 g/mol. The number of hydrogen-bond acceptors (Lipinski definition) is 0. The van der Waals surface area contributed by atoms with Gasteiger partial charge in [0.1, 0.15) is 0 Å². The fourth-order valence-corrected chi connectivity index (χ4v) is 4.77. The standard InChI is InChI=1S/C5H10Si.2ClH.Ru/c1-5-6(2,3)4;;;/h5H,2-4H3;2*1H;/q;;;+2/p-2. The molecule has 0 bridgehead atoms. The van der Waals surface area contributed by atoms with E-state index in [0.29, 0.717) is 0 Å². The molecular weight excluding hydrogens is 260 g/mol. The van der Waals surface area contributed by atoms with E-state index in [1.54, 1.807) is 0 Å². The van der Waals surface area contributed by atoms with E-state index in [4.69, 9.17) is 19.4 Å². The van der Waals surface area contributed by atoms with Gasteiger partial charge in [0.25, 0.3) is 0 Å². The van der Waals surface area contributed by atoms with E-state index in [9.17, 15) is 0 Å². The molecule has 0 aliphatic heterocycles. The van der Waals surface area contributed by atoms with Crippen molar-refractivity contribution in [2.24, 2.45) is 0 Å². The first-order valence-corrected chi connectivity index (χ1v) is 11.4. The second-order valence-electron chi connectivity index (χ2n) is 2.80. The van der Waals surface area contributed by atoms with Crippen molar-refractivity contribution in [2.45, 2.75) is 19.6 Å². The minimum atomic E-state index is -1.63. The summed E-state index contributed by atoms with van der Waals surface area (Å²) in [6.45, 7) is 6.68. The quantitative estimate of drug-likeness (QED) is 0.643. The third-order valence-electron chi connectivity index (χ3n) is 0.561. The summed E-state index contributed by atoms with van der Waals surface area (Å²) in [7, 11) is 10.1. The molecule has 0 spiro atoms. The molecule has 0 nitrogen and oxygen atoms in total. The number of hydrogen-bond donors (Lipinski definition) is 0. The molecule has 0 atom stereocenters. The van der Waals surface area contributed by atoms with Crippen LogP contribution in [0.2, 0.25) is 19.6 Å². The van der Waals surface area contributed by atoms with Crippen molar-refractivity contribution in [3.63, 3.8) is 0 Å². The molecule has 0 heterocycles. The van der Waals surface area contributed by atoms with Crippen molar-refractivity contribution < 1.29 is 13.5 Å². The van der Waals surface area contributed by atoms with Crippen molar-refractivity contribution in [2.75, 3.05) is 0 Å². The van der Waals surface area contributed by atoms with Gasteiger partial charge in [0.05, 0.1) is 0 Å². The van der Waals surface area contributed by atoms with Crippen molar-refractivity contribution in [3.8, 4) is 0 Å². The van der Waals surface area contributed by atoms with Gasteiger partial charge >= 0.3 is 70.6 Å². The zero-order valence-corrected chi connectivity index (χ0v) is 9.94. The van der Waals surface area contributed by atoms with Crippen LogP contribution in [0.3, 0.4) is 0 Å². The van der Waals surface area contributed by atoms with E-state index in [-0.39, 0.29) is 0 Å². The summed E-state index contributed by atoms with van der Waals surface area (Å²) in [6.07, 6.45) is 0. The van der Waals surface area contributed by atoms with Gasteiger partial charge in [-0.25, -0.2) is 0 Å². The van der Waals surface area contributed by atoms with Crippen LogP contribution in [0.15, 0.2) is 5.70 Å². The molecule has 0 aromatic carbocycles. The number of halogens is 2. The van der Waals surface area contributed by atoms with Gasteiger partial charge in [0, 0.05) is 0 Å². The molecular formula is C5H10Cl2RuSi. The van der Waals surface area contributed by atoms with Crippen LogP contribution < -0.4 is 0 Å². The summed E-state index contributed by atoms with van der Waals surface area (Å²) in [6, 6.07) is 0. The van der Waals surface area contributed by atoms with Crippen molar-refractivity contribution in [1.82, 2.24) is 0 Å². The zero-order chi connectivity index (χ0) is 7.49. The van der Waals surface area contributed by atoms with Crippen LogP contribution >= 0.6 is 19.4 Å². The normalized spacial score (nSPS) is 12.3. The Kier molecular flexibility index (Phi) is 4.54. The van der Waals surface area contributed by atoms with Crippen molar-refractivity contribution in [1.29, 1.82) is 0 Å². The third kappa shape index (κ3) is 9.07. The fourth-order valence-electron chi connectivity index (χ4n) is 0.192. The fraction of sp³-hybridized carbons (Fsp3) is 0.600. The van der Waals surface area contributed by atoms with Gasteiger partial charge in [0.2, 0.25) is 0 Å². The van der Waals surface area contributed by atoms with Crippen LogP contribution in [0.4, 0.5) is 0 Å². The average Bonchev–Trinajstić information content (AvgIpc) is 1.59. The molecule has 9 heavy (non-hydrogen) atoms. The Morgan fingerprint density at radius 3 is 1.89 bits per heavy atom. The first kappa shape index (κ1) is 10.1. The maximum absolute atomic E-state index is 5.57. The molecule has 56 valence electrons. The summed E-state index contributed by atoms with van der Waals surface area (Å²) in [4.78, 5) is 0. The van der Waals surface area contributed by atoms with Gasteiger partial charge in [0.15, 0.2) is 0 Å². The number of rotatable bonds is 1. The third-order valence-corrected chi connectivity index (χ3v) is 3.57. The summed E-state index contributed by atoms with van der Waals surface area (Å²) in [5.74, 6) is 0. The first-order chi connectivity index (χ1) is 3.92. The topological polar surface area (TPSA) is 0 Å². The Balaban J connectivity index is 4.17. The van der Waals surface area contributed by atoms with Crippen LogP contribution in [0.1, 0.15) is 0 Å². The molecule has 0 rings (SSSR count). The van der Waals surface area contributed by atoms with E-state index in [0.717, 1.165) is 0 Å². The Hall–Kier alpha value is 1.07. The predicted octanol–water partition coefficient (Wildman–Crippen LogP) is 2.75. The molecule has 0 radical (unpaired) electrons. The van der Waals surface area contributed by atoms with E-state index in [1.807, 2.05) is 0 Å². The molecule has 0 unspecified atom stereocenters. The summed E-state index contributed by atoms with van der Waals surface area (Å²) >= 11 is -1.63. The monoisotopic (exact) mass is 270 g/mol. The Labute approximate surface area is 70.4 Å². The molecule has 0 aromatic rings. The van der Waals surface area contributed by atoms with Gasteiger partial charge < -0.3 is 0 Å². The molecule has 4 heteroatoms. The van der Waals surface area contributed by atoms with Gasteiger partial charge in [-0.15, -0.1) is 0 Å². The summed E-state index contributed by atoms with van der Waals surface area (Å²) in [5.41, 5.74) is 2.08. The SMILES string of the molecule is C[Si](C)(C)C=[C]=[Ru]([Cl])[Cl]. The Morgan fingerprint density at radius 2 is 1.78 bits per heavy atom. The van der Waals surface area contributed by atoms with Crippen LogP contribution in [-0.2, 0) is 13.5 Å². The molecule has 0 aromatic heterocycles. The van der Waals surface area contributed by atoms with Gasteiger partial charge in [-0.1, -0.05) is 0 Å². The predicted molar refractivity (Wildman–Crippen MR) is 44.6 cm³/mol. The first-order valence-electron chi connectivity index (χ1n) is 2.52. The molecule has 0 saturated heterocycles. The van der Waals surface area contributed by atoms with Crippen LogP contribution in [-0.4, -0.2) is 12.3 Å². The van der Waals surface area contributed by atoms with Gasteiger partial charge in [-0.05, 0) is 0 Å². The van der Waals surface area contributed by atoms with Crippen LogP contribution in [0, 0.1) is 0 Å². The zero-order valence-electron chi connectivity index (χ0n) is 5.69. The molecule has 0 saturated carbocycles. The molecule has 0 aliphatic rings. The van der Waals surface area contributed by atoms with Gasteiger partial charge in [-0.3, -0.25) is 0 Å². The maximum atomic E-state index is 5.57. The Morgan fingerprint density at radius 1 is 1.33 bits per heavy atom. The molecule has 0 aliphatic carbocycles. The van der Waals surface area contributed by atoms with Crippen LogP contribution in [0.25, 0.3) is 0 Å². The van der Waals surface area contributed by atoms with Crippen LogP contribution in [0.5, 0.6) is 0 Å². The molecule has 0 fully saturated rings. The minimum absolute atomic E-state index is 1.09. The van der Waals surface area contributed by atoms with E-state index >= 15 is 0 Å².